The van der Waals surface area contributed by atoms with E-state index >= 15 is 0 Å². The van der Waals surface area contributed by atoms with Gasteiger partial charge in [0.15, 0.2) is 0 Å². The number of fused-ring (bicyclic) bond motifs is 1. The number of hydrogen-bond acceptors (Lipinski definition) is 6. The van der Waals surface area contributed by atoms with E-state index in [2.05, 4.69) is 10.3 Å². The van der Waals surface area contributed by atoms with Crippen molar-refractivity contribution < 1.29 is 14.3 Å². The first-order chi connectivity index (χ1) is 11.8. The van der Waals surface area contributed by atoms with E-state index in [1.165, 1.54) is 0 Å². The van der Waals surface area contributed by atoms with Crippen LogP contribution in [0.4, 0.5) is 4.79 Å². The number of carbonyl (C=O) groups is 1. The summed E-state index contributed by atoms with van der Waals surface area (Å²) in [5, 5.41) is 3.60. The van der Waals surface area contributed by atoms with Crippen LogP contribution < -0.4 is 15.6 Å². The highest BCUT2D eigenvalue weighted by atomic mass is 16.6. The average Bonchev–Trinajstić information content (AvgIpc) is 2.54. The van der Waals surface area contributed by atoms with Gasteiger partial charge in [0, 0.05) is 0 Å². The summed E-state index contributed by atoms with van der Waals surface area (Å²) < 4.78 is 12.2. The highest BCUT2D eigenvalue weighted by Gasteiger charge is 2.26. The smallest absolute Gasteiger partial charge is 0.425 e. The van der Waals surface area contributed by atoms with E-state index in [1.807, 2.05) is 0 Å². The number of hydrogen-bond donors (Lipinski definition) is 1. The van der Waals surface area contributed by atoms with Crippen LogP contribution in [0.1, 0.15) is 33.6 Å². The lowest BCUT2D eigenvalue weighted by Crippen LogP contribution is -2.38. The third-order valence-corrected chi connectivity index (χ3v) is 3.88. The number of aromatic nitrogens is 2. The van der Waals surface area contributed by atoms with Gasteiger partial charge in [0.1, 0.15) is 11.7 Å². The van der Waals surface area contributed by atoms with Crippen molar-refractivity contribution in [2.75, 3.05) is 13.1 Å². The van der Waals surface area contributed by atoms with Gasteiger partial charge in [-0.1, -0.05) is 12.1 Å². The van der Waals surface area contributed by atoms with Gasteiger partial charge in [0.2, 0.25) is 0 Å². The number of carbonyl (C=O) groups excluding carboxylic acids is 1. The predicted octanol–water partition coefficient (Wildman–Crippen LogP) is 2.31. The summed E-state index contributed by atoms with van der Waals surface area (Å²) >= 11 is 0. The third kappa shape index (κ3) is 3.99. The van der Waals surface area contributed by atoms with E-state index in [0.29, 0.717) is 10.9 Å². The number of rotatable bonds is 2. The van der Waals surface area contributed by atoms with Crippen molar-refractivity contribution in [3.05, 3.63) is 34.6 Å². The van der Waals surface area contributed by atoms with Crippen LogP contribution in [0.3, 0.4) is 0 Å². The molecule has 0 amide bonds. The highest BCUT2D eigenvalue weighted by Crippen LogP contribution is 2.19. The van der Waals surface area contributed by atoms with Gasteiger partial charge >= 0.3 is 12.1 Å². The second kappa shape index (κ2) is 6.84. The maximum Gasteiger partial charge on any atom is 0.425 e. The molecule has 7 nitrogen and oxygen atoms in total. The van der Waals surface area contributed by atoms with E-state index in [-0.39, 0.29) is 12.1 Å². The van der Waals surface area contributed by atoms with Crippen molar-refractivity contribution >= 4 is 17.0 Å². The minimum absolute atomic E-state index is 0.00940. The Labute approximate surface area is 146 Å². The Hall–Kier alpha value is -2.41. The summed E-state index contributed by atoms with van der Waals surface area (Å²) in [6, 6.07) is 6.88. The lowest BCUT2D eigenvalue weighted by molar-refractivity contribution is 0.0489. The maximum absolute atomic E-state index is 12.8. The first-order valence-corrected chi connectivity index (χ1v) is 8.48. The van der Waals surface area contributed by atoms with Crippen molar-refractivity contribution in [3.63, 3.8) is 0 Å². The van der Waals surface area contributed by atoms with Crippen LogP contribution >= 0.6 is 0 Å². The second-order valence-corrected chi connectivity index (χ2v) is 7.10. The molecule has 0 radical (unpaired) electrons. The average molecular weight is 345 g/mol. The van der Waals surface area contributed by atoms with Gasteiger partial charge in [-0.3, -0.25) is 4.79 Å². The minimum atomic E-state index is -0.778. The summed E-state index contributed by atoms with van der Waals surface area (Å²) in [6.07, 6.45) is 0.705. The summed E-state index contributed by atoms with van der Waals surface area (Å²) in [7, 11) is 0. The van der Waals surface area contributed by atoms with Crippen LogP contribution in [0.5, 0.6) is 6.01 Å². The maximum atomic E-state index is 12.8. The number of nitrogens with one attached hydrogen (secondary N) is 1. The van der Waals surface area contributed by atoms with Gasteiger partial charge in [-0.15, -0.1) is 0 Å². The molecule has 134 valence electrons. The molecule has 1 aromatic carbocycles. The largest absolute Gasteiger partial charge is 0.461 e. The fourth-order valence-electron chi connectivity index (χ4n) is 2.72. The second-order valence-electron chi connectivity index (χ2n) is 7.10. The molecule has 1 fully saturated rings. The third-order valence-electron chi connectivity index (χ3n) is 3.88. The Morgan fingerprint density at radius 2 is 1.92 bits per heavy atom. The number of para-hydroxylation sites is 1. The Kier molecular flexibility index (Phi) is 4.76. The molecule has 0 aliphatic carbocycles. The minimum Gasteiger partial charge on any atom is -0.461 e. The Balaban J connectivity index is 2.07. The fourth-order valence-corrected chi connectivity index (χ4v) is 2.72. The molecule has 1 saturated heterocycles. The van der Waals surface area contributed by atoms with Gasteiger partial charge < -0.3 is 14.8 Å². The number of nitrogens with zero attached hydrogens (tertiary/aromatic N) is 2. The monoisotopic (exact) mass is 345 g/mol. The summed E-state index contributed by atoms with van der Waals surface area (Å²) in [5.41, 5.74) is -0.714. The van der Waals surface area contributed by atoms with Crippen molar-refractivity contribution in [3.8, 4) is 6.01 Å². The first-order valence-electron chi connectivity index (χ1n) is 8.48. The number of ether oxygens (including phenoxy) is 2. The molecule has 25 heavy (non-hydrogen) atoms. The molecular weight excluding hydrogens is 322 g/mol. The molecule has 0 atom stereocenters. The van der Waals surface area contributed by atoms with Crippen LogP contribution in [0, 0.1) is 0 Å². The highest BCUT2D eigenvalue weighted by molar-refractivity contribution is 5.82. The molecule has 1 N–H and O–H groups in total. The standard InChI is InChI=1S/C18H23N3O4/c1-18(2,3)25-17(23)21-15(22)13-6-4-5-7-14(13)20-16(21)24-12-8-10-19-11-9-12/h4-7,12,19H,8-11H2,1-3H3. The quantitative estimate of drug-likeness (QED) is 0.899. The first kappa shape index (κ1) is 17.4. The Morgan fingerprint density at radius 1 is 1.24 bits per heavy atom. The topological polar surface area (TPSA) is 82.4 Å². The van der Waals surface area contributed by atoms with Crippen LogP contribution in [0.25, 0.3) is 10.9 Å². The molecule has 0 spiro atoms. The van der Waals surface area contributed by atoms with Crippen molar-refractivity contribution in [1.82, 2.24) is 14.9 Å². The summed E-state index contributed by atoms with van der Waals surface area (Å²) in [6.45, 7) is 6.90. The zero-order chi connectivity index (χ0) is 18.0. The molecule has 1 aliphatic rings. The lowest BCUT2D eigenvalue weighted by atomic mass is 10.1. The van der Waals surface area contributed by atoms with Gasteiger partial charge in [0.25, 0.3) is 5.56 Å². The van der Waals surface area contributed by atoms with Gasteiger partial charge in [0.05, 0.1) is 10.9 Å². The van der Waals surface area contributed by atoms with E-state index in [1.54, 1.807) is 45.0 Å². The van der Waals surface area contributed by atoms with Crippen molar-refractivity contribution in [2.45, 2.75) is 45.3 Å². The molecule has 0 bridgehead atoms. The van der Waals surface area contributed by atoms with Crippen LogP contribution in [-0.4, -0.2) is 40.4 Å². The lowest BCUT2D eigenvalue weighted by Gasteiger charge is -2.25. The van der Waals surface area contributed by atoms with Gasteiger partial charge in [-0.05, 0) is 58.8 Å². The van der Waals surface area contributed by atoms with Crippen molar-refractivity contribution in [2.24, 2.45) is 0 Å². The molecule has 0 saturated carbocycles. The molecule has 2 aromatic rings. The number of piperidine rings is 1. The van der Waals surface area contributed by atoms with Gasteiger partial charge in [-0.25, -0.2) is 4.79 Å². The van der Waals surface area contributed by atoms with Crippen molar-refractivity contribution in [1.29, 1.82) is 0 Å². The zero-order valence-corrected chi connectivity index (χ0v) is 14.7. The molecule has 2 heterocycles. The summed E-state index contributed by atoms with van der Waals surface area (Å²) in [5.74, 6) is 0. The van der Waals surface area contributed by atoms with Crippen LogP contribution in [0.2, 0.25) is 0 Å². The molecule has 0 unspecified atom stereocenters. The predicted molar refractivity (Wildman–Crippen MR) is 94.2 cm³/mol. The summed E-state index contributed by atoms with van der Waals surface area (Å²) in [4.78, 5) is 29.8. The molecular formula is C18H23N3O4. The van der Waals surface area contributed by atoms with E-state index in [0.717, 1.165) is 30.5 Å². The SMILES string of the molecule is CC(C)(C)OC(=O)n1c(OC2CCNCC2)nc2ccccc2c1=O. The molecule has 3 rings (SSSR count). The van der Waals surface area contributed by atoms with E-state index in [4.69, 9.17) is 9.47 Å². The molecule has 1 aliphatic heterocycles. The fraction of sp³-hybridized carbons (Fsp3) is 0.500. The Bertz CT molecular complexity index is 832. The van der Waals surface area contributed by atoms with Gasteiger partial charge in [-0.2, -0.15) is 9.55 Å². The van der Waals surface area contributed by atoms with Crippen LogP contribution in [-0.2, 0) is 4.74 Å². The molecule has 7 heteroatoms. The Morgan fingerprint density at radius 3 is 2.60 bits per heavy atom. The van der Waals surface area contributed by atoms with Crippen LogP contribution in [0.15, 0.2) is 29.1 Å². The molecule has 1 aromatic heterocycles. The van der Waals surface area contributed by atoms with E-state index in [9.17, 15) is 9.59 Å². The van der Waals surface area contributed by atoms with E-state index < -0.39 is 17.3 Å². The number of benzene rings is 1. The normalized spacial score (nSPS) is 16.0. The zero-order valence-electron chi connectivity index (χ0n) is 14.7.